The van der Waals surface area contributed by atoms with Gasteiger partial charge < -0.3 is 9.97 Å². The van der Waals surface area contributed by atoms with E-state index >= 15 is 0 Å². The number of aromatic amines is 2. The summed E-state index contributed by atoms with van der Waals surface area (Å²) in [4.78, 5) is 10.5. The molecule has 0 radical (unpaired) electrons. The number of hydrogen-bond donors (Lipinski definition) is 2. The van der Waals surface area contributed by atoms with Gasteiger partial charge in [0, 0.05) is 40.1 Å². The normalized spacial score (nSPS) is 11.0. The SMILES string of the molecule is Clc1ccc2c(-c3ncc[nH]3)c[nH]c2c1. The summed E-state index contributed by atoms with van der Waals surface area (Å²) in [5.74, 6) is 0.864. The van der Waals surface area contributed by atoms with Gasteiger partial charge in [0.15, 0.2) is 0 Å². The van der Waals surface area contributed by atoms with Crippen LogP contribution in [0.1, 0.15) is 0 Å². The Morgan fingerprint density at radius 1 is 1.20 bits per heavy atom. The molecule has 0 amide bonds. The van der Waals surface area contributed by atoms with Crippen LogP contribution in [0.15, 0.2) is 36.8 Å². The fourth-order valence-corrected chi connectivity index (χ4v) is 1.88. The van der Waals surface area contributed by atoms with Crippen LogP contribution >= 0.6 is 11.6 Å². The summed E-state index contributed by atoms with van der Waals surface area (Å²) in [6.07, 6.45) is 5.48. The molecule has 0 aliphatic carbocycles. The first-order valence-electron chi connectivity index (χ1n) is 4.61. The van der Waals surface area contributed by atoms with E-state index in [1.54, 1.807) is 6.20 Å². The zero-order chi connectivity index (χ0) is 10.3. The Morgan fingerprint density at radius 2 is 2.13 bits per heavy atom. The Labute approximate surface area is 91.1 Å². The van der Waals surface area contributed by atoms with Crippen LogP contribution in [0.4, 0.5) is 0 Å². The number of hydrogen-bond acceptors (Lipinski definition) is 1. The van der Waals surface area contributed by atoms with Crippen molar-refractivity contribution < 1.29 is 0 Å². The summed E-state index contributed by atoms with van der Waals surface area (Å²) < 4.78 is 0. The summed E-state index contributed by atoms with van der Waals surface area (Å²) in [5, 5.41) is 1.85. The lowest BCUT2D eigenvalue weighted by atomic mass is 10.2. The van der Waals surface area contributed by atoms with Gasteiger partial charge in [-0.15, -0.1) is 0 Å². The summed E-state index contributed by atoms with van der Waals surface area (Å²) in [6, 6.07) is 5.78. The Kier molecular flexibility index (Phi) is 1.79. The second kappa shape index (κ2) is 3.14. The van der Waals surface area contributed by atoms with Gasteiger partial charge in [-0.2, -0.15) is 0 Å². The zero-order valence-corrected chi connectivity index (χ0v) is 8.55. The molecule has 0 atom stereocenters. The van der Waals surface area contributed by atoms with Crippen molar-refractivity contribution in [1.29, 1.82) is 0 Å². The Morgan fingerprint density at radius 3 is 2.93 bits per heavy atom. The van der Waals surface area contributed by atoms with Crippen molar-refractivity contribution in [2.45, 2.75) is 0 Å². The van der Waals surface area contributed by atoms with Gasteiger partial charge in [0.25, 0.3) is 0 Å². The molecule has 0 bridgehead atoms. The van der Waals surface area contributed by atoms with Crippen LogP contribution in [0.3, 0.4) is 0 Å². The molecule has 0 fully saturated rings. The van der Waals surface area contributed by atoms with E-state index in [0.717, 1.165) is 27.3 Å². The number of rotatable bonds is 1. The molecule has 74 valence electrons. The fraction of sp³-hybridized carbons (Fsp3) is 0. The first-order valence-corrected chi connectivity index (χ1v) is 4.99. The minimum atomic E-state index is 0.732. The standard InChI is InChI=1S/C11H8ClN3/c12-7-1-2-8-9(6-15-10(8)5-7)11-13-3-4-14-11/h1-6,15H,(H,13,14). The van der Waals surface area contributed by atoms with Crippen LogP contribution in [-0.4, -0.2) is 15.0 Å². The number of aromatic nitrogens is 3. The molecule has 1 aromatic carbocycles. The molecule has 0 saturated heterocycles. The highest BCUT2D eigenvalue weighted by atomic mass is 35.5. The van der Waals surface area contributed by atoms with Crippen LogP contribution in [-0.2, 0) is 0 Å². The van der Waals surface area contributed by atoms with E-state index < -0.39 is 0 Å². The second-order valence-electron chi connectivity index (χ2n) is 3.33. The fourth-order valence-electron chi connectivity index (χ4n) is 1.71. The molecule has 2 aromatic heterocycles. The minimum absolute atomic E-state index is 0.732. The smallest absolute Gasteiger partial charge is 0.139 e. The van der Waals surface area contributed by atoms with Gasteiger partial charge >= 0.3 is 0 Å². The van der Waals surface area contributed by atoms with Gasteiger partial charge in [-0.1, -0.05) is 17.7 Å². The average Bonchev–Trinajstić information content (AvgIpc) is 2.82. The van der Waals surface area contributed by atoms with E-state index in [1.807, 2.05) is 30.6 Å². The monoisotopic (exact) mass is 217 g/mol. The van der Waals surface area contributed by atoms with Crippen LogP contribution in [0.25, 0.3) is 22.3 Å². The molecule has 2 heterocycles. The van der Waals surface area contributed by atoms with Crippen molar-refractivity contribution >= 4 is 22.5 Å². The molecule has 3 aromatic rings. The summed E-state index contributed by atoms with van der Waals surface area (Å²) in [6.45, 7) is 0. The first kappa shape index (κ1) is 8.56. The third kappa shape index (κ3) is 1.32. The number of imidazole rings is 1. The zero-order valence-electron chi connectivity index (χ0n) is 7.79. The van der Waals surface area contributed by atoms with Crippen molar-refractivity contribution in [3.63, 3.8) is 0 Å². The largest absolute Gasteiger partial charge is 0.360 e. The summed E-state index contributed by atoms with van der Waals surface area (Å²) in [7, 11) is 0. The lowest BCUT2D eigenvalue weighted by Gasteiger charge is -1.94. The maximum atomic E-state index is 5.91. The van der Waals surface area contributed by atoms with Crippen LogP contribution < -0.4 is 0 Å². The third-order valence-electron chi connectivity index (χ3n) is 2.40. The maximum absolute atomic E-state index is 5.91. The molecule has 0 unspecified atom stereocenters. The highest BCUT2D eigenvalue weighted by Gasteiger charge is 2.07. The maximum Gasteiger partial charge on any atom is 0.139 e. The van der Waals surface area contributed by atoms with E-state index in [2.05, 4.69) is 15.0 Å². The van der Waals surface area contributed by atoms with Crippen LogP contribution in [0.2, 0.25) is 5.02 Å². The highest BCUT2D eigenvalue weighted by molar-refractivity contribution is 6.31. The summed E-state index contributed by atoms with van der Waals surface area (Å²) >= 11 is 5.91. The number of halogens is 1. The van der Waals surface area contributed by atoms with Gasteiger partial charge in [0.05, 0.1) is 0 Å². The van der Waals surface area contributed by atoms with Gasteiger partial charge in [0.1, 0.15) is 5.82 Å². The average molecular weight is 218 g/mol. The quantitative estimate of drug-likeness (QED) is 0.646. The molecular weight excluding hydrogens is 210 g/mol. The molecule has 0 aliphatic rings. The number of nitrogens with one attached hydrogen (secondary N) is 2. The third-order valence-corrected chi connectivity index (χ3v) is 2.63. The number of nitrogens with zero attached hydrogens (tertiary/aromatic N) is 1. The Balaban J connectivity index is 2.29. The van der Waals surface area contributed by atoms with E-state index in [4.69, 9.17) is 11.6 Å². The van der Waals surface area contributed by atoms with Crippen molar-refractivity contribution in [2.75, 3.05) is 0 Å². The number of H-pyrrole nitrogens is 2. The van der Waals surface area contributed by atoms with E-state index in [0.29, 0.717) is 0 Å². The van der Waals surface area contributed by atoms with Gasteiger partial charge in [0.2, 0.25) is 0 Å². The molecule has 0 aliphatic heterocycles. The van der Waals surface area contributed by atoms with Crippen molar-refractivity contribution in [3.8, 4) is 11.4 Å². The lowest BCUT2D eigenvalue weighted by Crippen LogP contribution is -1.76. The van der Waals surface area contributed by atoms with Crippen LogP contribution in [0, 0.1) is 0 Å². The van der Waals surface area contributed by atoms with Gasteiger partial charge in [-0.25, -0.2) is 4.98 Å². The number of fused-ring (bicyclic) bond motifs is 1. The molecule has 0 spiro atoms. The van der Waals surface area contributed by atoms with Crippen molar-refractivity contribution in [3.05, 3.63) is 41.8 Å². The number of benzene rings is 1. The molecule has 2 N–H and O–H groups in total. The predicted molar refractivity (Wildman–Crippen MR) is 60.9 cm³/mol. The minimum Gasteiger partial charge on any atom is -0.360 e. The van der Waals surface area contributed by atoms with Gasteiger partial charge in [-0.3, -0.25) is 0 Å². The summed E-state index contributed by atoms with van der Waals surface area (Å²) in [5.41, 5.74) is 2.08. The second-order valence-corrected chi connectivity index (χ2v) is 3.77. The molecule has 15 heavy (non-hydrogen) atoms. The van der Waals surface area contributed by atoms with E-state index in [9.17, 15) is 0 Å². The highest BCUT2D eigenvalue weighted by Crippen LogP contribution is 2.27. The Bertz CT molecular complexity index is 595. The topological polar surface area (TPSA) is 44.5 Å². The molecular formula is C11H8ClN3. The predicted octanol–water partition coefficient (Wildman–Crippen LogP) is 3.21. The van der Waals surface area contributed by atoms with Gasteiger partial charge in [-0.05, 0) is 12.1 Å². The molecule has 3 nitrogen and oxygen atoms in total. The van der Waals surface area contributed by atoms with Crippen molar-refractivity contribution in [1.82, 2.24) is 15.0 Å². The molecule has 0 saturated carbocycles. The van der Waals surface area contributed by atoms with E-state index in [1.165, 1.54) is 0 Å². The molecule has 4 heteroatoms. The van der Waals surface area contributed by atoms with Crippen molar-refractivity contribution in [2.24, 2.45) is 0 Å². The van der Waals surface area contributed by atoms with Crippen LogP contribution in [0.5, 0.6) is 0 Å². The Hall–Kier alpha value is -1.74. The lowest BCUT2D eigenvalue weighted by molar-refractivity contribution is 1.31. The molecule has 3 rings (SSSR count). The van der Waals surface area contributed by atoms with E-state index in [-0.39, 0.29) is 0 Å². The first-order chi connectivity index (χ1) is 7.34.